The Morgan fingerprint density at radius 2 is 2.16 bits per heavy atom. The Bertz CT molecular complexity index is 754. The molecule has 0 aliphatic rings. The van der Waals surface area contributed by atoms with Crippen molar-refractivity contribution in [3.8, 4) is 11.6 Å². The van der Waals surface area contributed by atoms with Gasteiger partial charge in [-0.25, -0.2) is 0 Å². The van der Waals surface area contributed by atoms with Gasteiger partial charge in [0.15, 0.2) is 5.65 Å². The molecule has 94 valence electrons. The van der Waals surface area contributed by atoms with Gasteiger partial charge in [-0.15, -0.1) is 14.8 Å². The molecular formula is C11H8N6O2. The number of tetrazole rings is 1. The molecule has 0 fully saturated rings. The van der Waals surface area contributed by atoms with Crippen molar-refractivity contribution in [3.05, 3.63) is 42.0 Å². The highest BCUT2D eigenvalue weighted by Crippen LogP contribution is 2.20. The summed E-state index contributed by atoms with van der Waals surface area (Å²) in [7, 11) is 0. The quantitative estimate of drug-likeness (QED) is 0.727. The van der Waals surface area contributed by atoms with E-state index in [9.17, 15) is 4.79 Å². The molecule has 2 heterocycles. The van der Waals surface area contributed by atoms with E-state index in [0.717, 1.165) is 0 Å². The number of fused-ring (bicyclic) bond motifs is 1. The maximum atomic E-state index is 11.1. The minimum absolute atomic E-state index is 0.307. The number of primary amides is 1. The van der Waals surface area contributed by atoms with Crippen LogP contribution in [0.1, 0.15) is 10.4 Å². The van der Waals surface area contributed by atoms with Gasteiger partial charge in [0, 0.05) is 11.6 Å². The second-order valence-corrected chi connectivity index (χ2v) is 3.69. The number of ether oxygens (including phenoxy) is 1. The van der Waals surface area contributed by atoms with Crippen LogP contribution in [0.15, 0.2) is 36.4 Å². The Morgan fingerprint density at radius 3 is 3.00 bits per heavy atom. The van der Waals surface area contributed by atoms with Crippen LogP contribution >= 0.6 is 0 Å². The predicted octanol–water partition coefficient (Wildman–Crippen LogP) is 0.410. The van der Waals surface area contributed by atoms with E-state index in [2.05, 4.69) is 20.6 Å². The van der Waals surface area contributed by atoms with Crippen molar-refractivity contribution >= 4 is 11.6 Å². The summed E-state index contributed by atoms with van der Waals surface area (Å²) in [5.41, 5.74) is 6.07. The normalized spacial score (nSPS) is 10.5. The summed E-state index contributed by atoms with van der Waals surface area (Å²) in [5, 5.41) is 14.9. The molecule has 0 atom stereocenters. The van der Waals surface area contributed by atoms with E-state index in [-0.39, 0.29) is 0 Å². The average Bonchev–Trinajstić information content (AvgIpc) is 2.86. The molecule has 3 rings (SSSR count). The molecular weight excluding hydrogens is 248 g/mol. The smallest absolute Gasteiger partial charge is 0.248 e. The van der Waals surface area contributed by atoms with Gasteiger partial charge in [0.2, 0.25) is 11.8 Å². The monoisotopic (exact) mass is 256 g/mol. The van der Waals surface area contributed by atoms with Crippen LogP contribution in [0, 0.1) is 0 Å². The zero-order chi connectivity index (χ0) is 13.2. The van der Waals surface area contributed by atoms with Crippen LogP contribution in [-0.4, -0.2) is 31.2 Å². The molecule has 2 aromatic heterocycles. The van der Waals surface area contributed by atoms with E-state index in [1.807, 2.05) is 0 Å². The van der Waals surface area contributed by atoms with Gasteiger partial charge in [-0.2, -0.15) is 0 Å². The Balaban J connectivity index is 1.91. The molecule has 2 N–H and O–H groups in total. The number of amides is 1. The molecule has 0 spiro atoms. The van der Waals surface area contributed by atoms with Crippen molar-refractivity contribution in [1.29, 1.82) is 0 Å². The van der Waals surface area contributed by atoms with Crippen LogP contribution in [0.25, 0.3) is 5.65 Å². The van der Waals surface area contributed by atoms with Crippen LogP contribution in [0.3, 0.4) is 0 Å². The summed E-state index contributed by atoms with van der Waals surface area (Å²) in [4.78, 5) is 11.1. The third-order valence-electron chi connectivity index (χ3n) is 2.39. The predicted molar refractivity (Wildman–Crippen MR) is 63.6 cm³/mol. The minimum atomic E-state index is -0.519. The lowest BCUT2D eigenvalue weighted by molar-refractivity contribution is 0.1000. The first-order valence-corrected chi connectivity index (χ1v) is 5.35. The van der Waals surface area contributed by atoms with Crippen molar-refractivity contribution in [3.63, 3.8) is 0 Å². The summed E-state index contributed by atoms with van der Waals surface area (Å²) in [6.45, 7) is 0. The van der Waals surface area contributed by atoms with E-state index in [4.69, 9.17) is 10.5 Å². The van der Waals surface area contributed by atoms with Crippen molar-refractivity contribution < 1.29 is 9.53 Å². The van der Waals surface area contributed by atoms with Crippen molar-refractivity contribution in [2.24, 2.45) is 5.73 Å². The molecule has 0 saturated carbocycles. The van der Waals surface area contributed by atoms with E-state index in [1.165, 1.54) is 10.7 Å². The molecule has 8 nitrogen and oxygen atoms in total. The third-order valence-corrected chi connectivity index (χ3v) is 2.39. The maximum absolute atomic E-state index is 11.1. The van der Waals surface area contributed by atoms with Gasteiger partial charge in [0.1, 0.15) is 5.75 Å². The molecule has 0 aliphatic carbocycles. The number of nitrogens with two attached hydrogens (primary N) is 1. The van der Waals surface area contributed by atoms with Crippen LogP contribution < -0.4 is 10.5 Å². The zero-order valence-corrected chi connectivity index (χ0v) is 9.59. The van der Waals surface area contributed by atoms with Crippen molar-refractivity contribution in [1.82, 2.24) is 25.3 Å². The average molecular weight is 256 g/mol. The molecule has 19 heavy (non-hydrogen) atoms. The number of aromatic nitrogens is 5. The number of rotatable bonds is 3. The van der Waals surface area contributed by atoms with Gasteiger partial charge < -0.3 is 10.5 Å². The SMILES string of the molecule is NC(=O)c1cccc(Oc2ccc3nnnn3n2)c1. The standard InChI is InChI=1S/C11H8N6O2/c12-11(18)7-2-1-3-8(6-7)19-10-5-4-9-13-15-16-17(9)14-10/h1-6H,(H2,12,18). The Hall–Kier alpha value is -3.03. The summed E-state index contributed by atoms with van der Waals surface area (Å²) in [6, 6.07) is 9.80. The first-order valence-electron chi connectivity index (χ1n) is 5.35. The number of hydrogen-bond acceptors (Lipinski definition) is 6. The summed E-state index contributed by atoms with van der Waals surface area (Å²) < 4.78 is 6.75. The van der Waals surface area contributed by atoms with E-state index in [1.54, 1.807) is 30.3 Å². The number of hydrogen-bond donors (Lipinski definition) is 1. The third kappa shape index (κ3) is 2.18. The van der Waals surface area contributed by atoms with E-state index >= 15 is 0 Å². The zero-order valence-electron chi connectivity index (χ0n) is 9.59. The Morgan fingerprint density at radius 1 is 1.26 bits per heavy atom. The maximum Gasteiger partial charge on any atom is 0.248 e. The highest BCUT2D eigenvalue weighted by molar-refractivity contribution is 5.93. The fourth-order valence-electron chi connectivity index (χ4n) is 1.52. The van der Waals surface area contributed by atoms with Gasteiger partial charge in [-0.1, -0.05) is 6.07 Å². The summed E-state index contributed by atoms with van der Waals surface area (Å²) in [6.07, 6.45) is 0. The lowest BCUT2D eigenvalue weighted by Gasteiger charge is -2.05. The summed E-state index contributed by atoms with van der Waals surface area (Å²) >= 11 is 0. The van der Waals surface area contributed by atoms with Crippen molar-refractivity contribution in [2.75, 3.05) is 0 Å². The minimum Gasteiger partial charge on any atom is -0.437 e. The first kappa shape index (κ1) is 11.1. The molecule has 0 aliphatic heterocycles. The van der Waals surface area contributed by atoms with Gasteiger partial charge in [0.25, 0.3) is 0 Å². The largest absolute Gasteiger partial charge is 0.437 e. The lowest BCUT2D eigenvalue weighted by Crippen LogP contribution is -2.10. The Labute approximate surface area is 106 Å². The number of carbonyl (C=O) groups excluding carboxylic acids is 1. The second-order valence-electron chi connectivity index (χ2n) is 3.69. The topological polar surface area (TPSA) is 108 Å². The van der Waals surface area contributed by atoms with Crippen LogP contribution in [0.4, 0.5) is 0 Å². The fraction of sp³-hybridized carbons (Fsp3) is 0. The fourth-order valence-corrected chi connectivity index (χ4v) is 1.52. The van der Waals surface area contributed by atoms with Crippen LogP contribution in [-0.2, 0) is 0 Å². The highest BCUT2D eigenvalue weighted by atomic mass is 16.5. The number of nitrogens with zero attached hydrogens (tertiary/aromatic N) is 5. The van der Waals surface area contributed by atoms with Crippen LogP contribution in [0.5, 0.6) is 11.6 Å². The molecule has 3 aromatic rings. The molecule has 0 bridgehead atoms. The molecule has 1 aromatic carbocycles. The number of benzene rings is 1. The van der Waals surface area contributed by atoms with Gasteiger partial charge >= 0.3 is 0 Å². The summed E-state index contributed by atoms with van der Waals surface area (Å²) in [5.74, 6) is 0.243. The highest BCUT2D eigenvalue weighted by Gasteiger charge is 2.05. The molecule has 0 radical (unpaired) electrons. The van der Waals surface area contributed by atoms with E-state index in [0.29, 0.717) is 22.8 Å². The molecule has 0 unspecified atom stereocenters. The number of carbonyl (C=O) groups is 1. The molecule has 8 heteroatoms. The van der Waals surface area contributed by atoms with Crippen LogP contribution in [0.2, 0.25) is 0 Å². The molecule has 1 amide bonds. The van der Waals surface area contributed by atoms with Gasteiger partial charge in [-0.05, 0) is 34.7 Å². The van der Waals surface area contributed by atoms with Gasteiger partial charge in [-0.3, -0.25) is 4.79 Å². The van der Waals surface area contributed by atoms with Crippen molar-refractivity contribution in [2.45, 2.75) is 0 Å². The Kier molecular flexibility index (Phi) is 2.53. The second kappa shape index (κ2) is 4.33. The lowest BCUT2D eigenvalue weighted by atomic mass is 10.2. The molecule has 0 saturated heterocycles. The first-order chi connectivity index (χ1) is 9.22. The van der Waals surface area contributed by atoms with E-state index < -0.39 is 5.91 Å². The van der Waals surface area contributed by atoms with Gasteiger partial charge in [0.05, 0.1) is 0 Å².